The largest absolute Gasteiger partial charge is 0.391 e. The molecule has 0 unspecified atom stereocenters. The summed E-state index contributed by atoms with van der Waals surface area (Å²) in [6, 6.07) is 9.70. The summed E-state index contributed by atoms with van der Waals surface area (Å²) in [7, 11) is 1.97. The molecule has 2 N–H and O–H groups in total. The number of aryl methyl sites for hydroxylation is 2. The first-order valence-corrected chi connectivity index (χ1v) is 9.56. The van der Waals surface area contributed by atoms with Crippen molar-refractivity contribution in [2.45, 2.75) is 26.0 Å². The van der Waals surface area contributed by atoms with Crippen LogP contribution in [0, 0.1) is 6.92 Å². The normalized spacial score (nSPS) is 17.2. The number of aromatic nitrogens is 2. The Morgan fingerprint density at radius 1 is 1.38 bits per heavy atom. The Hall–Kier alpha value is -2.38. The van der Waals surface area contributed by atoms with E-state index in [4.69, 9.17) is 4.98 Å². The zero-order chi connectivity index (χ0) is 18.3. The number of β-amino-alcohol motifs (C(OH)–C–C–N with tert-alkyl or cyclic N) is 1. The minimum absolute atomic E-state index is 0.0956. The van der Waals surface area contributed by atoms with Crippen molar-refractivity contribution in [3.8, 4) is 0 Å². The maximum atomic E-state index is 12.5. The molecule has 1 aliphatic rings. The van der Waals surface area contributed by atoms with E-state index in [0.29, 0.717) is 18.7 Å². The molecule has 1 saturated heterocycles. The number of fused-ring (bicyclic) bond motifs is 1. The van der Waals surface area contributed by atoms with Gasteiger partial charge in [-0.1, -0.05) is 0 Å². The average Bonchev–Trinajstić information content (AvgIpc) is 3.32. The third-order valence-corrected chi connectivity index (χ3v) is 5.79. The van der Waals surface area contributed by atoms with E-state index in [0.717, 1.165) is 34.8 Å². The van der Waals surface area contributed by atoms with Gasteiger partial charge in [0.2, 0.25) is 5.95 Å². The number of amides is 1. The highest BCUT2D eigenvalue weighted by molar-refractivity contribution is 7.11. The highest BCUT2D eigenvalue weighted by Crippen LogP contribution is 2.25. The Morgan fingerprint density at radius 2 is 2.23 bits per heavy atom. The molecule has 1 amide bonds. The summed E-state index contributed by atoms with van der Waals surface area (Å²) in [5, 5.41) is 12.7. The lowest BCUT2D eigenvalue weighted by Crippen LogP contribution is -2.24. The van der Waals surface area contributed by atoms with E-state index in [9.17, 15) is 9.90 Å². The average molecular weight is 370 g/mol. The second kappa shape index (κ2) is 6.74. The summed E-state index contributed by atoms with van der Waals surface area (Å²) in [5.41, 5.74) is 2.38. The highest BCUT2D eigenvalue weighted by Gasteiger charge is 2.24. The Morgan fingerprint density at radius 3 is 2.92 bits per heavy atom. The van der Waals surface area contributed by atoms with Gasteiger partial charge in [-0.25, -0.2) is 4.98 Å². The SMILES string of the molecule is Cc1ccc(CNC(=O)c2ccc3c(c2)nc(N2CC[C@H](O)C2)n3C)s1. The number of imidazole rings is 1. The van der Waals surface area contributed by atoms with Crippen LogP contribution in [0.2, 0.25) is 0 Å². The summed E-state index contributed by atoms with van der Waals surface area (Å²) in [5.74, 6) is 0.741. The third kappa shape index (κ3) is 3.20. The number of thiophene rings is 1. The molecular formula is C19H22N4O2S. The Bertz CT molecular complexity index is 962. The van der Waals surface area contributed by atoms with E-state index in [1.807, 2.05) is 35.9 Å². The second-order valence-corrected chi connectivity index (χ2v) is 8.13. The number of nitrogens with zero attached hydrogens (tertiary/aromatic N) is 3. The molecule has 2 aromatic heterocycles. The van der Waals surface area contributed by atoms with E-state index < -0.39 is 0 Å². The van der Waals surface area contributed by atoms with Gasteiger partial charge in [0.25, 0.3) is 5.91 Å². The molecule has 0 radical (unpaired) electrons. The molecule has 136 valence electrons. The van der Waals surface area contributed by atoms with Crippen LogP contribution in [-0.2, 0) is 13.6 Å². The standard InChI is InChI=1S/C19H22N4O2S/c1-12-3-5-15(26-12)10-20-18(25)13-4-6-17-16(9-13)21-19(22(17)2)23-8-7-14(24)11-23/h3-6,9,14,24H,7-8,10-11H2,1-2H3,(H,20,25)/t14-/m0/s1. The molecular weight excluding hydrogens is 348 g/mol. The number of aliphatic hydroxyl groups excluding tert-OH is 1. The van der Waals surface area contributed by atoms with Crippen molar-refractivity contribution in [3.05, 3.63) is 45.6 Å². The van der Waals surface area contributed by atoms with Gasteiger partial charge in [-0.2, -0.15) is 0 Å². The molecule has 0 saturated carbocycles. The van der Waals surface area contributed by atoms with Crippen LogP contribution in [0.1, 0.15) is 26.5 Å². The van der Waals surface area contributed by atoms with Crippen molar-refractivity contribution in [2.75, 3.05) is 18.0 Å². The van der Waals surface area contributed by atoms with Gasteiger partial charge >= 0.3 is 0 Å². The fourth-order valence-electron chi connectivity index (χ4n) is 3.38. The van der Waals surface area contributed by atoms with E-state index in [-0.39, 0.29) is 12.0 Å². The molecule has 1 atom stereocenters. The lowest BCUT2D eigenvalue weighted by molar-refractivity contribution is 0.0951. The van der Waals surface area contributed by atoms with E-state index in [1.165, 1.54) is 4.88 Å². The number of hydrogen-bond donors (Lipinski definition) is 2. The Labute approximate surface area is 156 Å². The minimum Gasteiger partial charge on any atom is -0.391 e. The molecule has 1 aliphatic heterocycles. The first kappa shape index (κ1) is 17.1. The summed E-state index contributed by atoms with van der Waals surface area (Å²) in [6.07, 6.45) is 0.469. The number of aliphatic hydroxyl groups is 1. The number of carbonyl (C=O) groups is 1. The van der Waals surface area contributed by atoms with Crippen LogP contribution in [0.4, 0.5) is 5.95 Å². The molecule has 1 aromatic carbocycles. The van der Waals surface area contributed by atoms with E-state index >= 15 is 0 Å². The number of nitrogens with one attached hydrogen (secondary N) is 1. The quantitative estimate of drug-likeness (QED) is 0.740. The van der Waals surface area contributed by atoms with Crippen molar-refractivity contribution in [1.29, 1.82) is 0 Å². The second-order valence-electron chi connectivity index (χ2n) is 6.76. The van der Waals surface area contributed by atoms with Crippen molar-refractivity contribution in [3.63, 3.8) is 0 Å². The fourth-order valence-corrected chi connectivity index (χ4v) is 4.21. The van der Waals surface area contributed by atoms with Gasteiger partial charge in [0.15, 0.2) is 0 Å². The van der Waals surface area contributed by atoms with E-state index in [2.05, 4.69) is 23.2 Å². The van der Waals surface area contributed by atoms with Crippen molar-refractivity contribution >= 4 is 34.2 Å². The van der Waals surface area contributed by atoms with Gasteiger partial charge in [0, 0.05) is 35.5 Å². The van der Waals surface area contributed by atoms with Crippen LogP contribution in [0.25, 0.3) is 11.0 Å². The number of anilines is 1. The molecule has 7 heteroatoms. The number of hydrogen-bond acceptors (Lipinski definition) is 5. The Kier molecular flexibility index (Phi) is 4.42. The van der Waals surface area contributed by atoms with Gasteiger partial charge in [-0.3, -0.25) is 4.79 Å². The van der Waals surface area contributed by atoms with Crippen molar-refractivity contribution in [1.82, 2.24) is 14.9 Å². The zero-order valence-electron chi connectivity index (χ0n) is 14.9. The van der Waals surface area contributed by atoms with Crippen molar-refractivity contribution in [2.24, 2.45) is 7.05 Å². The highest BCUT2D eigenvalue weighted by atomic mass is 32.1. The molecule has 0 bridgehead atoms. The van der Waals surface area contributed by atoms with Crippen LogP contribution < -0.4 is 10.2 Å². The van der Waals surface area contributed by atoms with Gasteiger partial charge < -0.3 is 19.9 Å². The summed E-state index contributed by atoms with van der Waals surface area (Å²) in [4.78, 5) is 21.6. The van der Waals surface area contributed by atoms with Crippen LogP contribution in [-0.4, -0.2) is 39.8 Å². The molecule has 4 rings (SSSR count). The first-order chi connectivity index (χ1) is 12.5. The molecule has 26 heavy (non-hydrogen) atoms. The summed E-state index contributed by atoms with van der Waals surface area (Å²) >= 11 is 1.69. The predicted molar refractivity (Wildman–Crippen MR) is 104 cm³/mol. The molecule has 3 aromatic rings. The fraction of sp³-hybridized carbons (Fsp3) is 0.368. The number of rotatable bonds is 4. The maximum Gasteiger partial charge on any atom is 0.251 e. The van der Waals surface area contributed by atoms with Crippen LogP contribution in [0.15, 0.2) is 30.3 Å². The molecule has 6 nitrogen and oxygen atoms in total. The summed E-state index contributed by atoms with van der Waals surface area (Å²) in [6.45, 7) is 3.99. The van der Waals surface area contributed by atoms with Gasteiger partial charge in [-0.05, 0) is 43.7 Å². The van der Waals surface area contributed by atoms with Gasteiger partial charge in [0.1, 0.15) is 0 Å². The maximum absolute atomic E-state index is 12.5. The monoisotopic (exact) mass is 370 g/mol. The molecule has 0 aliphatic carbocycles. The minimum atomic E-state index is -0.294. The summed E-state index contributed by atoms with van der Waals surface area (Å²) < 4.78 is 2.02. The number of carbonyl (C=O) groups excluding carboxylic acids is 1. The topological polar surface area (TPSA) is 70.4 Å². The first-order valence-electron chi connectivity index (χ1n) is 8.74. The molecule has 1 fully saturated rings. The molecule has 3 heterocycles. The smallest absolute Gasteiger partial charge is 0.251 e. The number of benzene rings is 1. The third-order valence-electron chi connectivity index (χ3n) is 4.78. The van der Waals surface area contributed by atoms with Crippen LogP contribution in [0.5, 0.6) is 0 Å². The van der Waals surface area contributed by atoms with Crippen LogP contribution in [0.3, 0.4) is 0 Å². The lowest BCUT2D eigenvalue weighted by Gasteiger charge is -2.16. The predicted octanol–water partition coefficient (Wildman–Crippen LogP) is 2.44. The lowest BCUT2D eigenvalue weighted by atomic mass is 10.2. The van der Waals surface area contributed by atoms with Gasteiger partial charge in [-0.15, -0.1) is 11.3 Å². The molecule has 0 spiro atoms. The van der Waals surface area contributed by atoms with E-state index in [1.54, 1.807) is 11.3 Å². The van der Waals surface area contributed by atoms with Crippen molar-refractivity contribution < 1.29 is 9.90 Å². The zero-order valence-corrected chi connectivity index (χ0v) is 15.7. The van der Waals surface area contributed by atoms with Gasteiger partial charge in [0.05, 0.1) is 23.7 Å². The Balaban J connectivity index is 1.54. The van der Waals surface area contributed by atoms with Crippen LogP contribution >= 0.6 is 11.3 Å².